The predicted molar refractivity (Wildman–Crippen MR) is 242 cm³/mol. The van der Waals surface area contributed by atoms with E-state index in [4.69, 9.17) is 33.9 Å². The first kappa shape index (κ1) is 53.7. The maximum Gasteiger partial charge on any atom is 0.343 e. The minimum absolute atomic E-state index is 0.00543. The largest absolute Gasteiger partial charge is 0.465 e. The molecule has 1 aromatic carbocycles. The van der Waals surface area contributed by atoms with Crippen molar-refractivity contribution < 1.29 is 60.9 Å². The highest BCUT2D eigenvalue weighted by atomic mass is 31.2. The van der Waals surface area contributed by atoms with Crippen molar-refractivity contribution in [1.29, 1.82) is 0 Å². The number of nitrogens with one attached hydrogen (secondary N) is 1. The molecule has 1 N–H and O–H groups in total. The van der Waals surface area contributed by atoms with Crippen LogP contribution in [0.4, 0.5) is 11.4 Å². The van der Waals surface area contributed by atoms with Crippen molar-refractivity contribution in [3.63, 3.8) is 0 Å². The van der Waals surface area contributed by atoms with Gasteiger partial charge in [-0.1, -0.05) is 27.7 Å². The predicted octanol–water partition coefficient (Wildman–Crippen LogP) is 6.15. The van der Waals surface area contributed by atoms with Crippen molar-refractivity contribution >= 4 is 69.9 Å². The van der Waals surface area contributed by atoms with Gasteiger partial charge in [0.1, 0.15) is 6.61 Å². The zero-order chi connectivity index (χ0) is 48.2. The fourth-order valence-electron chi connectivity index (χ4n) is 7.23. The van der Waals surface area contributed by atoms with Crippen molar-refractivity contribution in [3.05, 3.63) is 59.5 Å². The van der Waals surface area contributed by atoms with Gasteiger partial charge in [0, 0.05) is 48.5 Å². The van der Waals surface area contributed by atoms with Gasteiger partial charge in [0.2, 0.25) is 12.0 Å². The number of carbonyl (C=O) groups is 7. The summed E-state index contributed by atoms with van der Waals surface area (Å²) >= 11 is 0. The van der Waals surface area contributed by atoms with Crippen LogP contribution in [-0.4, -0.2) is 119 Å². The summed E-state index contributed by atoms with van der Waals surface area (Å²) in [4.78, 5) is 97.3. The van der Waals surface area contributed by atoms with E-state index in [1.807, 2.05) is 73.9 Å². The lowest BCUT2D eigenvalue weighted by Gasteiger charge is -2.45. The molecule has 2 aliphatic rings. The first-order valence-corrected chi connectivity index (χ1v) is 24.5. The second kappa shape index (κ2) is 23.5. The molecule has 0 saturated heterocycles. The molecule has 0 aromatic heterocycles. The quantitative estimate of drug-likeness (QED) is 0.0211. The van der Waals surface area contributed by atoms with Gasteiger partial charge in [0.15, 0.2) is 0 Å². The first-order chi connectivity index (χ1) is 30.0. The van der Waals surface area contributed by atoms with Crippen molar-refractivity contribution in [2.45, 2.75) is 118 Å². The van der Waals surface area contributed by atoms with E-state index in [0.717, 1.165) is 34.1 Å². The molecule has 64 heavy (non-hydrogen) atoms. The summed E-state index contributed by atoms with van der Waals surface area (Å²) in [6, 6.07) is 3.82. The van der Waals surface area contributed by atoms with E-state index in [2.05, 4.69) is 10.2 Å². The first-order valence-electron chi connectivity index (χ1n) is 21.4. The van der Waals surface area contributed by atoms with Gasteiger partial charge in [-0.25, -0.2) is 21.0 Å². The number of ether oxygens (including phenoxy) is 2. The van der Waals surface area contributed by atoms with Gasteiger partial charge in [0.05, 0.1) is 43.4 Å². The number of hydrogen-bond acceptors (Lipinski definition) is 14. The molecule has 0 aliphatic carbocycles. The third-order valence-electron chi connectivity index (χ3n) is 10.3. The fraction of sp³-hybridized carbons (Fsp3) is 0.591. The molecule has 3 rings (SSSR count). The van der Waals surface area contributed by atoms with Crippen molar-refractivity contribution in [2.24, 2.45) is 5.41 Å². The molecule has 18 nitrogen and oxygen atoms in total. The summed E-state index contributed by atoms with van der Waals surface area (Å²) in [5, 5.41) is 2.84. The molecule has 0 bridgehead atoms. The zero-order valence-corrected chi connectivity index (χ0v) is 40.9. The Morgan fingerprint density at radius 1 is 0.766 bits per heavy atom. The zero-order valence-electron chi connectivity index (χ0n) is 39.1. The molecule has 2 heterocycles. The van der Waals surface area contributed by atoms with Crippen LogP contribution in [0.3, 0.4) is 0 Å². The highest BCUT2D eigenvalue weighted by Crippen LogP contribution is 2.48. The van der Waals surface area contributed by atoms with Crippen molar-refractivity contribution in [1.82, 2.24) is 9.99 Å². The van der Waals surface area contributed by atoms with E-state index in [-0.39, 0.29) is 79.4 Å². The number of esters is 2. The van der Waals surface area contributed by atoms with E-state index in [1.165, 1.54) is 18.2 Å². The van der Waals surface area contributed by atoms with Gasteiger partial charge in [-0.05, 0) is 91.1 Å². The Bertz CT molecular complexity index is 1870. The monoisotopic (exact) mass is 929 g/mol. The Morgan fingerprint density at radius 2 is 1.23 bits per heavy atom. The lowest BCUT2D eigenvalue weighted by atomic mass is 9.90. The summed E-state index contributed by atoms with van der Waals surface area (Å²) in [6.45, 7) is 28.8. The molecule has 2 aliphatic heterocycles. The van der Waals surface area contributed by atoms with Crippen LogP contribution >= 0.6 is 8.53 Å². The van der Waals surface area contributed by atoms with Gasteiger partial charge in [-0.3, -0.25) is 33.6 Å². The molecule has 20 heteroatoms. The lowest BCUT2D eigenvalue weighted by Crippen LogP contribution is -2.58. The van der Waals surface area contributed by atoms with Crippen LogP contribution in [0.25, 0.3) is 4.85 Å². The third-order valence-corrected chi connectivity index (χ3v) is 17.0. The molecule has 0 saturated carbocycles. The Labute approximate surface area is 379 Å². The number of hydrogen-bond donors (Lipinski definition) is 1. The number of benzene rings is 1. The van der Waals surface area contributed by atoms with Gasteiger partial charge in [0.25, 0.3) is 38.1 Å². The molecule has 0 radical (unpaired) electrons. The second-order valence-corrected chi connectivity index (χ2v) is 22.6. The van der Waals surface area contributed by atoms with E-state index >= 15 is 0 Å². The molecule has 1 unspecified atom stereocenters. The molecular weight excluding hydrogens is 866 g/mol. The SMILES string of the molecule is [C-]#[N+]CCOP(OCC(CO[Si](OC(C)(C)CCNC(=O)c1cc(N2C(=O)C=CC2=O)cc(N2C(=O)C=CC2=O)c1)(C(C)C)C(C)C)(C(=O)OCC)C(=O)OCC)N(C(C)C)C(C)C. The number of imide groups is 2. The summed E-state index contributed by atoms with van der Waals surface area (Å²) < 4.78 is 39.4. The average molecular weight is 930 g/mol. The molecular formula is C44H64N5O13PSi. The highest BCUT2D eigenvalue weighted by molar-refractivity contribution is 7.44. The Balaban J connectivity index is 1.94. The minimum Gasteiger partial charge on any atom is -0.465 e. The van der Waals surface area contributed by atoms with E-state index in [1.54, 1.807) is 13.8 Å². The van der Waals surface area contributed by atoms with Gasteiger partial charge in [-0.2, -0.15) is 0 Å². The Kier molecular flexibility index (Phi) is 19.7. The molecule has 0 fully saturated rings. The number of carbonyl (C=O) groups excluding carboxylic acids is 7. The lowest BCUT2D eigenvalue weighted by molar-refractivity contribution is -0.178. The second-order valence-electron chi connectivity index (χ2n) is 16.9. The molecule has 5 amide bonds. The van der Waals surface area contributed by atoms with Crippen LogP contribution in [-0.2, 0) is 56.1 Å². The van der Waals surface area contributed by atoms with Crippen LogP contribution in [0.5, 0.6) is 0 Å². The molecule has 1 atom stereocenters. The van der Waals surface area contributed by atoms with Gasteiger partial charge in [-0.15, -0.1) is 0 Å². The summed E-state index contributed by atoms with van der Waals surface area (Å²) in [6.07, 6.45) is 4.55. The number of rotatable bonds is 26. The van der Waals surface area contributed by atoms with Crippen LogP contribution in [0.2, 0.25) is 11.1 Å². The normalized spacial score (nSPS) is 15.1. The number of amides is 5. The molecule has 352 valence electrons. The smallest absolute Gasteiger partial charge is 0.343 e. The van der Waals surface area contributed by atoms with Gasteiger partial charge < -0.3 is 37.5 Å². The minimum atomic E-state index is -3.49. The average Bonchev–Trinajstić information content (AvgIpc) is 3.74. The third kappa shape index (κ3) is 13.0. The standard InChI is InChI=1S/C44H64N5O13PSi/c1-14-57-41(55)44(42(56)58-15-2,27-60-63(59-23-22-45-13)49(29(3)4)30(5)6)28-61-64(31(7)8,32(9)10)62-43(11,12)20-21-46-40(54)33-24-34(47-36(50)16-17-37(47)51)26-35(25-33)48-38(52)18-19-39(48)53/h16-19,24-26,29-32H,14-15,20-23,27-28H2,1-12H3,(H,46,54). The van der Waals surface area contributed by atoms with Crippen LogP contribution < -0.4 is 15.1 Å². The van der Waals surface area contributed by atoms with Crippen molar-refractivity contribution in [3.8, 4) is 0 Å². The fourth-order valence-corrected chi connectivity index (χ4v) is 12.9. The number of anilines is 2. The maximum absolute atomic E-state index is 14.1. The van der Waals surface area contributed by atoms with Crippen LogP contribution in [0.1, 0.15) is 99.9 Å². The molecule has 0 spiro atoms. The van der Waals surface area contributed by atoms with Crippen LogP contribution in [0, 0.1) is 12.0 Å². The maximum atomic E-state index is 14.1. The van der Waals surface area contributed by atoms with E-state index < -0.39 is 82.8 Å². The summed E-state index contributed by atoms with van der Waals surface area (Å²) in [7, 11) is -5.37. The summed E-state index contributed by atoms with van der Waals surface area (Å²) in [5.41, 5.74) is -3.60. The van der Waals surface area contributed by atoms with E-state index in [9.17, 15) is 33.6 Å². The Morgan fingerprint density at radius 3 is 1.64 bits per heavy atom. The van der Waals surface area contributed by atoms with Crippen molar-refractivity contribution in [2.75, 3.05) is 55.9 Å². The Hall–Kier alpha value is -4.67. The van der Waals surface area contributed by atoms with Gasteiger partial charge >= 0.3 is 20.5 Å². The van der Waals surface area contributed by atoms with E-state index in [0.29, 0.717) is 0 Å². The number of nitrogens with zero attached hydrogens (tertiary/aromatic N) is 4. The topological polar surface area (TPSA) is 201 Å². The van der Waals surface area contributed by atoms with Crippen LogP contribution in [0.15, 0.2) is 42.5 Å². The highest BCUT2D eigenvalue weighted by Gasteiger charge is 2.56. The summed E-state index contributed by atoms with van der Waals surface area (Å²) in [5.74, 6) is -5.04. The molecule has 1 aromatic rings.